The van der Waals surface area contributed by atoms with Gasteiger partial charge in [0.25, 0.3) is 11.8 Å². The Morgan fingerprint density at radius 3 is 2.46 bits per heavy atom. The van der Waals surface area contributed by atoms with Gasteiger partial charge in [-0.1, -0.05) is 36.4 Å². The maximum Gasteiger partial charge on any atom is 0.323 e. The highest BCUT2D eigenvalue weighted by atomic mass is 16.4. The first kappa shape index (κ1) is 17.5. The van der Waals surface area contributed by atoms with Crippen molar-refractivity contribution < 1.29 is 19.5 Å². The van der Waals surface area contributed by atoms with Gasteiger partial charge in [0.1, 0.15) is 12.1 Å². The average molecular weight is 375 g/mol. The van der Waals surface area contributed by atoms with Crippen LogP contribution in [-0.4, -0.2) is 27.5 Å². The van der Waals surface area contributed by atoms with Crippen LogP contribution in [-0.2, 0) is 20.9 Å². The summed E-state index contributed by atoms with van der Waals surface area (Å²) in [6.45, 7) is 1.58. The first-order valence-corrected chi connectivity index (χ1v) is 8.69. The number of hydrogen-bond donors (Lipinski definition) is 2. The smallest absolute Gasteiger partial charge is 0.323 e. The van der Waals surface area contributed by atoms with Crippen molar-refractivity contribution in [1.29, 1.82) is 0 Å². The van der Waals surface area contributed by atoms with Crippen molar-refractivity contribution in [2.45, 2.75) is 13.5 Å². The van der Waals surface area contributed by atoms with E-state index in [2.05, 4.69) is 5.43 Å². The molecule has 2 amide bonds. The summed E-state index contributed by atoms with van der Waals surface area (Å²) in [6, 6.07) is 16.2. The van der Waals surface area contributed by atoms with Crippen molar-refractivity contribution in [3.63, 3.8) is 0 Å². The highest BCUT2D eigenvalue weighted by Gasteiger charge is 2.34. The normalized spacial score (nSPS) is 15.5. The quantitative estimate of drug-likeness (QED) is 0.541. The number of hydrazine groups is 1. The second-order valence-corrected chi connectivity index (χ2v) is 6.47. The molecule has 0 bridgehead atoms. The molecule has 1 fully saturated rings. The molecule has 140 valence electrons. The second-order valence-electron chi connectivity index (χ2n) is 6.47. The third-order valence-electron chi connectivity index (χ3n) is 4.77. The van der Waals surface area contributed by atoms with Gasteiger partial charge in [0.15, 0.2) is 0 Å². The van der Waals surface area contributed by atoms with Crippen molar-refractivity contribution >= 4 is 40.4 Å². The van der Waals surface area contributed by atoms with E-state index in [1.807, 2.05) is 30.3 Å². The van der Waals surface area contributed by atoms with Crippen LogP contribution in [0.5, 0.6) is 0 Å². The number of carbonyl (C=O) groups is 3. The fourth-order valence-corrected chi connectivity index (χ4v) is 3.44. The second kappa shape index (κ2) is 6.70. The van der Waals surface area contributed by atoms with Gasteiger partial charge in [0, 0.05) is 22.2 Å². The molecule has 0 atom stereocenters. The molecule has 0 saturated carbocycles. The predicted molar refractivity (Wildman–Crippen MR) is 104 cm³/mol. The van der Waals surface area contributed by atoms with Gasteiger partial charge in [-0.15, -0.1) is 0 Å². The van der Waals surface area contributed by atoms with Gasteiger partial charge >= 0.3 is 5.97 Å². The standard InChI is InChI=1S/C21H17N3O4/c1-13-16(15-9-5-6-10-18(15)23(13)12-19(25)26)11-17-20(27)22-24(21(17)28)14-7-3-2-4-8-14/h2-11H,12H2,1H3,(H,22,27)(H,25,26). The Hall–Kier alpha value is -3.87. The van der Waals surface area contributed by atoms with Gasteiger partial charge < -0.3 is 9.67 Å². The zero-order chi connectivity index (χ0) is 19.8. The number of nitrogens with one attached hydrogen (secondary N) is 1. The lowest BCUT2D eigenvalue weighted by Gasteiger charge is -2.13. The lowest BCUT2D eigenvalue weighted by molar-refractivity contribution is -0.137. The van der Waals surface area contributed by atoms with Crippen molar-refractivity contribution in [2.24, 2.45) is 0 Å². The number of aromatic nitrogens is 1. The molecular weight excluding hydrogens is 358 g/mol. The number of aliphatic carboxylic acids is 1. The lowest BCUT2D eigenvalue weighted by Crippen LogP contribution is -2.35. The number of anilines is 1. The van der Waals surface area contributed by atoms with Crippen LogP contribution in [0.25, 0.3) is 17.0 Å². The molecule has 28 heavy (non-hydrogen) atoms. The number of hydrogen-bond acceptors (Lipinski definition) is 3. The Morgan fingerprint density at radius 1 is 1.07 bits per heavy atom. The average Bonchev–Trinajstić information content (AvgIpc) is 3.12. The Bertz CT molecular complexity index is 1150. The highest BCUT2D eigenvalue weighted by Crippen LogP contribution is 2.29. The van der Waals surface area contributed by atoms with Crippen molar-refractivity contribution in [3.8, 4) is 0 Å². The summed E-state index contributed by atoms with van der Waals surface area (Å²) in [5.74, 6) is -1.91. The Morgan fingerprint density at radius 2 is 1.75 bits per heavy atom. The Kier molecular flexibility index (Phi) is 4.19. The molecule has 1 aromatic heterocycles. The van der Waals surface area contributed by atoms with E-state index in [0.29, 0.717) is 16.9 Å². The molecule has 2 aromatic carbocycles. The van der Waals surface area contributed by atoms with E-state index >= 15 is 0 Å². The van der Waals surface area contributed by atoms with E-state index < -0.39 is 17.8 Å². The van der Waals surface area contributed by atoms with Gasteiger partial charge in [-0.3, -0.25) is 19.8 Å². The molecule has 2 heterocycles. The van der Waals surface area contributed by atoms with Crippen LogP contribution in [0.15, 0.2) is 60.2 Å². The number of carboxylic acids is 1. The predicted octanol–water partition coefficient (Wildman–Crippen LogP) is 2.50. The minimum absolute atomic E-state index is 0.00480. The molecule has 1 saturated heterocycles. The van der Waals surface area contributed by atoms with Crippen LogP contribution in [0.2, 0.25) is 0 Å². The summed E-state index contributed by atoms with van der Waals surface area (Å²) >= 11 is 0. The monoisotopic (exact) mass is 375 g/mol. The molecule has 4 rings (SSSR count). The van der Waals surface area contributed by atoms with Crippen LogP contribution in [0.1, 0.15) is 11.3 Å². The lowest BCUT2D eigenvalue weighted by atomic mass is 10.1. The molecule has 7 heteroatoms. The first-order chi connectivity index (χ1) is 13.5. The molecule has 2 N–H and O–H groups in total. The topological polar surface area (TPSA) is 91.6 Å². The van der Waals surface area contributed by atoms with Gasteiger partial charge in [-0.05, 0) is 31.2 Å². The molecule has 0 spiro atoms. The number of carbonyl (C=O) groups excluding carboxylic acids is 2. The van der Waals surface area contributed by atoms with Gasteiger partial charge in [-0.25, -0.2) is 5.01 Å². The third-order valence-corrected chi connectivity index (χ3v) is 4.77. The van der Waals surface area contributed by atoms with Crippen LogP contribution in [0, 0.1) is 6.92 Å². The van der Waals surface area contributed by atoms with E-state index in [4.69, 9.17) is 0 Å². The number of carboxylic acid groups (broad SMARTS) is 1. The third kappa shape index (κ3) is 2.83. The van der Waals surface area contributed by atoms with E-state index in [0.717, 1.165) is 10.9 Å². The van der Waals surface area contributed by atoms with Crippen LogP contribution in [0.3, 0.4) is 0 Å². The summed E-state index contributed by atoms with van der Waals surface area (Å²) in [6.07, 6.45) is 1.54. The van der Waals surface area contributed by atoms with Crippen LogP contribution >= 0.6 is 0 Å². The summed E-state index contributed by atoms with van der Waals surface area (Å²) in [4.78, 5) is 36.5. The summed E-state index contributed by atoms with van der Waals surface area (Å²) in [5.41, 5.74) is 5.21. The van der Waals surface area contributed by atoms with Crippen LogP contribution < -0.4 is 10.4 Å². The molecular formula is C21H17N3O4. The highest BCUT2D eigenvalue weighted by molar-refractivity contribution is 6.32. The van der Waals surface area contributed by atoms with Gasteiger partial charge in [-0.2, -0.15) is 0 Å². The first-order valence-electron chi connectivity index (χ1n) is 8.69. The summed E-state index contributed by atoms with van der Waals surface area (Å²) in [5, 5.41) is 11.2. The number of fused-ring (bicyclic) bond motifs is 1. The van der Waals surface area contributed by atoms with Gasteiger partial charge in [0.2, 0.25) is 0 Å². The minimum Gasteiger partial charge on any atom is -0.480 e. The number of rotatable bonds is 4. The fraction of sp³-hybridized carbons (Fsp3) is 0.0952. The van der Waals surface area contributed by atoms with E-state index in [1.54, 1.807) is 35.8 Å². The Labute approximate surface area is 160 Å². The molecule has 3 aromatic rings. The molecule has 0 radical (unpaired) electrons. The largest absolute Gasteiger partial charge is 0.480 e. The molecule has 1 aliphatic rings. The van der Waals surface area contributed by atoms with Gasteiger partial charge in [0.05, 0.1) is 5.69 Å². The fourth-order valence-electron chi connectivity index (χ4n) is 3.44. The Balaban J connectivity index is 1.82. The number of para-hydroxylation sites is 2. The molecule has 1 aliphatic heterocycles. The molecule has 0 aliphatic carbocycles. The number of nitrogens with zero attached hydrogens (tertiary/aromatic N) is 2. The van der Waals surface area contributed by atoms with E-state index in [1.165, 1.54) is 11.1 Å². The molecule has 0 unspecified atom stereocenters. The number of amides is 2. The maximum atomic E-state index is 12.8. The van der Waals surface area contributed by atoms with E-state index in [9.17, 15) is 19.5 Å². The van der Waals surface area contributed by atoms with Crippen molar-refractivity contribution in [1.82, 2.24) is 9.99 Å². The zero-order valence-corrected chi connectivity index (χ0v) is 15.0. The summed E-state index contributed by atoms with van der Waals surface area (Å²) in [7, 11) is 0. The van der Waals surface area contributed by atoms with Crippen molar-refractivity contribution in [2.75, 3.05) is 5.01 Å². The van der Waals surface area contributed by atoms with E-state index in [-0.39, 0.29) is 12.1 Å². The van der Waals surface area contributed by atoms with Crippen molar-refractivity contribution in [3.05, 3.63) is 71.4 Å². The SMILES string of the molecule is Cc1c(C=C2C(=O)NN(c3ccccc3)C2=O)c2ccccc2n1CC(=O)O. The molecule has 7 nitrogen and oxygen atoms in total. The number of benzene rings is 2. The summed E-state index contributed by atoms with van der Waals surface area (Å²) < 4.78 is 1.66. The minimum atomic E-state index is -0.965. The maximum absolute atomic E-state index is 12.8. The van der Waals surface area contributed by atoms with Crippen LogP contribution in [0.4, 0.5) is 5.69 Å². The zero-order valence-electron chi connectivity index (χ0n) is 15.0.